The van der Waals surface area contributed by atoms with Crippen LogP contribution >= 0.6 is 0 Å². The predicted octanol–water partition coefficient (Wildman–Crippen LogP) is 4.59. The Labute approximate surface area is 174 Å². The van der Waals surface area contributed by atoms with E-state index in [0.29, 0.717) is 12.1 Å². The Hall–Kier alpha value is -3.64. The Balaban J connectivity index is 1.79. The molecule has 0 spiro atoms. The molecule has 152 valence electrons. The molecule has 0 saturated heterocycles. The maximum Gasteiger partial charge on any atom is 0.356 e. The lowest BCUT2D eigenvalue weighted by Gasteiger charge is -2.07. The van der Waals surface area contributed by atoms with Crippen LogP contribution in [0.4, 0.5) is 0 Å². The largest absolute Gasteiger partial charge is 0.467 e. The molecule has 2 heterocycles. The summed E-state index contributed by atoms with van der Waals surface area (Å²) in [6.45, 7) is 0.189. The molecule has 0 fully saturated rings. The Morgan fingerprint density at radius 1 is 1.00 bits per heavy atom. The van der Waals surface area contributed by atoms with E-state index in [4.69, 9.17) is 14.2 Å². The lowest BCUT2D eigenvalue weighted by molar-refractivity contribution is 0.0512. The minimum absolute atomic E-state index is 0.189. The molecule has 4 rings (SSSR count). The van der Waals surface area contributed by atoms with Crippen LogP contribution in [0.15, 0.2) is 66.7 Å². The minimum Gasteiger partial charge on any atom is -0.467 e. The summed E-state index contributed by atoms with van der Waals surface area (Å²) in [6.07, 6.45) is 0.563. The molecule has 0 aliphatic carbocycles. The van der Waals surface area contributed by atoms with Gasteiger partial charge in [-0.3, -0.25) is 0 Å². The maximum absolute atomic E-state index is 11.9. The van der Waals surface area contributed by atoms with Gasteiger partial charge in [-0.15, -0.1) is 0 Å². The second-order valence-electron chi connectivity index (χ2n) is 6.79. The van der Waals surface area contributed by atoms with Crippen molar-refractivity contribution in [1.29, 1.82) is 0 Å². The number of nitrogens with zero attached hydrogens (tertiary/aromatic N) is 1. The highest BCUT2D eigenvalue weighted by atomic mass is 16.7. The van der Waals surface area contributed by atoms with Crippen LogP contribution in [0.1, 0.15) is 21.7 Å². The summed E-state index contributed by atoms with van der Waals surface area (Å²) in [7, 11) is 2.95. The van der Waals surface area contributed by atoms with Gasteiger partial charge < -0.3 is 19.2 Å². The standard InChI is InChI=1S/C24H22N2O4/c1-28-15-30-18-11-12-19-20(13-17-9-6-10-21(25-17)24(27)29-2)23(26-22(19)14-18)16-7-4-3-5-8-16/h3-12,14,26H,13,15H2,1-2H3. The van der Waals surface area contributed by atoms with Gasteiger partial charge in [0.15, 0.2) is 6.79 Å². The van der Waals surface area contributed by atoms with E-state index in [9.17, 15) is 4.79 Å². The van der Waals surface area contributed by atoms with E-state index in [0.717, 1.165) is 39.2 Å². The Bertz CT molecular complexity index is 1170. The Kier molecular flexibility index (Phi) is 5.77. The lowest BCUT2D eigenvalue weighted by atomic mass is 10.0. The van der Waals surface area contributed by atoms with Crippen molar-refractivity contribution in [2.75, 3.05) is 21.0 Å². The molecule has 2 aromatic heterocycles. The molecule has 0 aliphatic heterocycles. The molecule has 4 aromatic rings. The van der Waals surface area contributed by atoms with Gasteiger partial charge in [-0.05, 0) is 35.4 Å². The third-order valence-electron chi connectivity index (χ3n) is 4.84. The molecule has 0 amide bonds. The molecule has 0 saturated carbocycles. The number of nitrogens with one attached hydrogen (secondary N) is 1. The summed E-state index contributed by atoms with van der Waals surface area (Å²) in [5.41, 5.74) is 5.24. The van der Waals surface area contributed by atoms with E-state index in [-0.39, 0.29) is 6.79 Å². The van der Waals surface area contributed by atoms with Gasteiger partial charge in [0.2, 0.25) is 0 Å². The summed E-state index contributed by atoms with van der Waals surface area (Å²) in [4.78, 5) is 19.9. The van der Waals surface area contributed by atoms with Crippen molar-refractivity contribution in [1.82, 2.24) is 9.97 Å². The average Bonchev–Trinajstić information content (AvgIpc) is 3.15. The van der Waals surface area contributed by atoms with E-state index >= 15 is 0 Å². The first-order valence-electron chi connectivity index (χ1n) is 9.55. The van der Waals surface area contributed by atoms with Crippen LogP contribution in [0.3, 0.4) is 0 Å². The van der Waals surface area contributed by atoms with Crippen molar-refractivity contribution in [2.45, 2.75) is 6.42 Å². The van der Waals surface area contributed by atoms with Crippen molar-refractivity contribution in [2.24, 2.45) is 0 Å². The van der Waals surface area contributed by atoms with Gasteiger partial charge in [0.1, 0.15) is 11.4 Å². The molecule has 0 bridgehead atoms. The third-order valence-corrected chi connectivity index (χ3v) is 4.84. The van der Waals surface area contributed by atoms with Gasteiger partial charge in [0, 0.05) is 36.2 Å². The van der Waals surface area contributed by atoms with Crippen LogP contribution in [0, 0.1) is 0 Å². The van der Waals surface area contributed by atoms with Crippen LogP contribution in [0.2, 0.25) is 0 Å². The summed E-state index contributed by atoms with van der Waals surface area (Å²) in [5.74, 6) is 0.279. The minimum atomic E-state index is -0.445. The molecule has 0 radical (unpaired) electrons. The number of fused-ring (bicyclic) bond motifs is 1. The molecule has 30 heavy (non-hydrogen) atoms. The highest BCUT2D eigenvalue weighted by molar-refractivity contribution is 5.92. The van der Waals surface area contributed by atoms with Gasteiger partial charge in [-0.2, -0.15) is 0 Å². The summed E-state index contributed by atoms with van der Waals surface area (Å²) in [6, 6.07) is 21.4. The zero-order chi connectivity index (χ0) is 20.9. The van der Waals surface area contributed by atoms with Crippen LogP contribution in [-0.4, -0.2) is 36.9 Å². The van der Waals surface area contributed by atoms with Gasteiger partial charge in [0.05, 0.1) is 12.8 Å². The van der Waals surface area contributed by atoms with Gasteiger partial charge in [0.25, 0.3) is 0 Å². The smallest absolute Gasteiger partial charge is 0.356 e. The number of pyridine rings is 1. The number of benzene rings is 2. The van der Waals surface area contributed by atoms with E-state index < -0.39 is 5.97 Å². The Morgan fingerprint density at radius 3 is 2.60 bits per heavy atom. The normalized spacial score (nSPS) is 10.9. The third kappa shape index (κ3) is 4.04. The number of rotatable bonds is 7. The number of hydrogen-bond donors (Lipinski definition) is 1. The number of carbonyl (C=O) groups excluding carboxylic acids is 1. The number of methoxy groups -OCH3 is 2. The first-order valence-corrected chi connectivity index (χ1v) is 9.55. The molecule has 1 N–H and O–H groups in total. The van der Waals surface area contributed by atoms with E-state index in [2.05, 4.69) is 22.1 Å². The van der Waals surface area contributed by atoms with Crippen molar-refractivity contribution < 1.29 is 19.0 Å². The number of aromatic amines is 1. The molecule has 6 heteroatoms. The topological polar surface area (TPSA) is 73.4 Å². The van der Waals surface area contributed by atoms with Gasteiger partial charge >= 0.3 is 5.97 Å². The van der Waals surface area contributed by atoms with Crippen LogP contribution in [0.5, 0.6) is 5.75 Å². The molecule has 6 nitrogen and oxygen atoms in total. The monoisotopic (exact) mass is 402 g/mol. The molecule has 0 unspecified atom stereocenters. The van der Waals surface area contributed by atoms with Crippen molar-refractivity contribution in [3.8, 4) is 17.0 Å². The number of hydrogen-bond acceptors (Lipinski definition) is 5. The van der Waals surface area contributed by atoms with Gasteiger partial charge in [-0.1, -0.05) is 36.4 Å². The molecular weight excluding hydrogens is 380 g/mol. The summed E-state index contributed by atoms with van der Waals surface area (Å²) in [5, 5.41) is 1.07. The van der Waals surface area contributed by atoms with Crippen molar-refractivity contribution in [3.05, 3.63) is 83.7 Å². The lowest BCUT2D eigenvalue weighted by Crippen LogP contribution is -2.06. The fraction of sp³-hybridized carbons (Fsp3) is 0.167. The first-order chi connectivity index (χ1) is 14.7. The van der Waals surface area contributed by atoms with E-state index in [1.54, 1.807) is 13.2 Å². The summed E-state index contributed by atoms with van der Waals surface area (Å²) < 4.78 is 15.4. The average molecular weight is 402 g/mol. The fourth-order valence-electron chi connectivity index (χ4n) is 3.46. The Morgan fingerprint density at radius 2 is 1.83 bits per heavy atom. The zero-order valence-electron chi connectivity index (χ0n) is 16.8. The van der Waals surface area contributed by atoms with Crippen LogP contribution < -0.4 is 4.74 Å². The highest BCUT2D eigenvalue weighted by Crippen LogP contribution is 2.33. The predicted molar refractivity (Wildman–Crippen MR) is 115 cm³/mol. The number of H-pyrrole nitrogens is 1. The van der Waals surface area contributed by atoms with Gasteiger partial charge in [-0.25, -0.2) is 9.78 Å². The number of carbonyl (C=O) groups is 1. The maximum atomic E-state index is 11.9. The van der Waals surface area contributed by atoms with Crippen LogP contribution in [-0.2, 0) is 15.9 Å². The summed E-state index contributed by atoms with van der Waals surface area (Å²) >= 11 is 0. The highest BCUT2D eigenvalue weighted by Gasteiger charge is 2.16. The number of ether oxygens (including phenoxy) is 3. The molecule has 0 aliphatic rings. The second kappa shape index (κ2) is 8.80. The number of esters is 1. The SMILES string of the molecule is COCOc1ccc2c(Cc3cccc(C(=O)OC)n3)c(-c3ccccc3)[nH]c2c1. The molecule has 2 aromatic carbocycles. The zero-order valence-corrected chi connectivity index (χ0v) is 16.8. The quantitative estimate of drug-likeness (QED) is 0.362. The van der Waals surface area contributed by atoms with Crippen molar-refractivity contribution in [3.63, 3.8) is 0 Å². The van der Waals surface area contributed by atoms with E-state index in [1.807, 2.05) is 48.5 Å². The van der Waals surface area contributed by atoms with Crippen LogP contribution in [0.25, 0.3) is 22.2 Å². The first kappa shape index (κ1) is 19.7. The molecular formula is C24H22N2O4. The molecule has 0 atom stereocenters. The fourth-order valence-corrected chi connectivity index (χ4v) is 3.46. The van der Waals surface area contributed by atoms with E-state index in [1.165, 1.54) is 7.11 Å². The van der Waals surface area contributed by atoms with Crippen molar-refractivity contribution >= 4 is 16.9 Å². The second-order valence-corrected chi connectivity index (χ2v) is 6.79. The number of aromatic nitrogens is 2.